The Hall–Kier alpha value is -4.30. The average molecular weight is 709 g/mol. The van der Waals surface area contributed by atoms with Gasteiger partial charge in [-0.2, -0.15) is 26.9 Å². The highest BCUT2D eigenvalue weighted by atomic mass is 32.2. The number of aryl methyl sites for hydroxylation is 1. The zero-order valence-corrected chi connectivity index (χ0v) is 25.6. The lowest BCUT2D eigenvalue weighted by atomic mass is 10.1. The molecule has 1 atom stereocenters. The van der Waals surface area contributed by atoms with Crippen molar-refractivity contribution in [2.75, 3.05) is 24.5 Å². The molecule has 3 heterocycles. The second-order valence-corrected chi connectivity index (χ2v) is 12.9. The van der Waals surface area contributed by atoms with Crippen molar-refractivity contribution in [1.29, 1.82) is 0 Å². The van der Waals surface area contributed by atoms with E-state index in [0.29, 0.717) is 26.9 Å². The van der Waals surface area contributed by atoms with Gasteiger partial charge in [-0.3, -0.25) is 4.79 Å². The number of benzene rings is 2. The first-order valence-electron chi connectivity index (χ1n) is 13.5. The number of alkyl halides is 7. The van der Waals surface area contributed by atoms with E-state index >= 15 is 0 Å². The first-order valence-corrected chi connectivity index (χ1v) is 15.7. The maximum Gasteiger partial charge on any atom is 0.573 e. The third-order valence-electron chi connectivity index (χ3n) is 6.73. The number of hydrogen-bond acceptors (Lipinski definition) is 10. The van der Waals surface area contributed by atoms with E-state index in [1.807, 2.05) is 0 Å². The normalized spacial score (nSPS) is 16.4. The average Bonchev–Trinajstić information content (AvgIpc) is 3.43. The summed E-state index contributed by atoms with van der Waals surface area (Å²) in [6.45, 7) is 1.17. The van der Waals surface area contributed by atoms with E-state index in [1.54, 1.807) is 18.0 Å². The van der Waals surface area contributed by atoms with Crippen molar-refractivity contribution < 1.29 is 53.4 Å². The van der Waals surface area contributed by atoms with E-state index in [-0.39, 0.29) is 26.2 Å². The number of aromatic nitrogens is 3. The van der Waals surface area contributed by atoms with Crippen LogP contribution in [0, 0.1) is 6.92 Å². The number of ether oxygens (including phenoxy) is 2. The van der Waals surface area contributed by atoms with Gasteiger partial charge in [-0.05, 0) is 48.9 Å². The standard InChI is InChI=1S/C27H23F7N6O5S2/c1-15-35-13-21-22(37-15)38-25(46-21)39-10-11-40(47(42,43)19-8-6-17(7-9-19)44-26(30,31)24(28)29)20(14-39)23(41)36-12-16-2-4-18(5-3-16)45-27(32,33)34/h2-9,13,20,24H,10-12,14H2,1H3,(H,36,41)/t20-/m1/s1. The summed E-state index contributed by atoms with van der Waals surface area (Å²) in [5, 5.41) is 3.03. The minimum Gasteiger partial charge on any atom is -0.428 e. The van der Waals surface area contributed by atoms with Crippen LogP contribution in [-0.4, -0.2) is 78.2 Å². The molecule has 1 aliphatic heterocycles. The van der Waals surface area contributed by atoms with Gasteiger partial charge >= 0.3 is 18.9 Å². The molecule has 1 fully saturated rings. The number of anilines is 1. The summed E-state index contributed by atoms with van der Waals surface area (Å²) < 4.78 is 126. The maximum absolute atomic E-state index is 13.7. The van der Waals surface area contributed by atoms with Gasteiger partial charge in [0, 0.05) is 26.2 Å². The maximum atomic E-state index is 13.7. The molecule has 0 aliphatic carbocycles. The first kappa shape index (κ1) is 34.0. The number of nitrogens with zero attached hydrogens (tertiary/aromatic N) is 5. The highest BCUT2D eigenvalue weighted by Gasteiger charge is 2.44. The van der Waals surface area contributed by atoms with Gasteiger partial charge in [0.25, 0.3) is 0 Å². The molecule has 1 amide bonds. The van der Waals surface area contributed by atoms with Crippen molar-refractivity contribution in [3.63, 3.8) is 0 Å². The molecule has 1 N–H and O–H groups in total. The number of rotatable bonds is 10. The fourth-order valence-corrected chi connectivity index (χ4v) is 7.00. The molecule has 2 aromatic carbocycles. The second kappa shape index (κ2) is 13.1. The molecule has 1 saturated heterocycles. The number of piperazine rings is 1. The van der Waals surface area contributed by atoms with Crippen LogP contribution in [0.3, 0.4) is 0 Å². The van der Waals surface area contributed by atoms with Gasteiger partial charge in [-0.1, -0.05) is 23.5 Å². The van der Waals surface area contributed by atoms with Gasteiger partial charge in [-0.15, -0.1) is 13.2 Å². The van der Waals surface area contributed by atoms with Crippen LogP contribution in [0.5, 0.6) is 11.5 Å². The number of hydrogen-bond donors (Lipinski definition) is 1. The third kappa shape index (κ3) is 7.99. The molecule has 20 heteroatoms. The van der Waals surface area contributed by atoms with Crippen LogP contribution in [0.1, 0.15) is 11.4 Å². The van der Waals surface area contributed by atoms with Gasteiger partial charge < -0.3 is 19.7 Å². The number of carbonyl (C=O) groups excluding carboxylic acids is 1. The predicted octanol–water partition coefficient (Wildman–Crippen LogP) is 4.73. The molecule has 47 heavy (non-hydrogen) atoms. The molecule has 0 radical (unpaired) electrons. The zero-order valence-electron chi connectivity index (χ0n) is 23.9. The van der Waals surface area contributed by atoms with Gasteiger partial charge in [0.15, 0.2) is 10.8 Å². The zero-order chi connectivity index (χ0) is 34.1. The Morgan fingerprint density at radius 2 is 1.64 bits per heavy atom. The summed E-state index contributed by atoms with van der Waals surface area (Å²) in [5.74, 6) is -1.47. The number of carbonyl (C=O) groups is 1. The number of halogens is 7. The lowest BCUT2D eigenvalue weighted by molar-refractivity contribution is -0.274. The van der Waals surface area contributed by atoms with Crippen LogP contribution in [0.2, 0.25) is 0 Å². The van der Waals surface area contributed by atoms with Crippen LogP contribution < -0.4 is 19.7 Å². The molecular weight excluding hydrogens is 685 g/mol. The number of sulfonamides is 1. The van der Waals surface area contributed by atoms with Gasteiger partial charge in [0.05, 0.1) is 15.8 Å². The van der Waals surface area contributed by atoms with E-state index in [4.69, 9.17) is 0 Å². The van der Waals surface area contributed by atoms with E-state index in [1.165, 1.54) is 23.5 Å². The summed E-state index contributed by atoms with van der Waals surface area (Å²) in [7, 11) is -4.48. The Kier molecular flexibility index (Phi) is 9.47. The highest BCUT2D eigenvalue weighted by Crippen LogP contribution is 2.32. The Morgan fingerprint density at radius 1 is 1.00 bits per heavy atom. The fraction of sp³-hybridized carbons (Fsp3) is 0.333. The molecule has 4 aromatic rings. The lowest BCUT2D eigenvalue weighted by Gasteiger charge is -2.39. The topological polar surface area (TPSA) is 127 Å². The molecule has 0 saturated carbocycles. The van der Waals surface area contributed by atoms with E-state index in [9.17, 15) is 43.9 Å². The number of nitrogens with one attached hydrogen (secondary N) is 1. The van der Waals surface area contributed by atoms with Crippen molar-refractivity contribution >= 4 is 42.7 Å². The SMILES string of the molecule is Cc1ncc2sc(N3CCN(S(=O)(=O)c4ccc(OC(F)(F)C(F)F)cc4)[C@@H](C(=O)NCc4ccc(OC(F)(F)F)cc4)C3)nc2n1. The van der Waals surface area contributed by atoms with Gasteiger partial charge in [0.1, 0.15) is 23.4 Å². The predicted molar refractivity (Wildman–Crippen MR) is 153 cm³/mol. The molecular formula is C27H23F7N6O5S2. The Labute approximate surface area is 266 Å². The van der Waals surface area contributed by atoms with Crippen LogP contribution in [-0.2, 0) is 21.4 Å². The first-order chi connectivity index (χ1) is 22.0. The van der Waals surface area contributed by atoms with Crippen molar-refractivity contribution in [3.8, 4) is 11.5 Å². The van der Waals surface area contributed by atoms with Crippen LogP contribution in [0.15, 0.2) is 59.6 Å². The molecule has 0 bridgehead atoms. The summed E-state index contributed by atoms with van der Waals surface area (Å²) in [4.78, 5) is 27.7. The molecule has 0 spiro atoms. The number of thiazole rings is 1. The summed E-state index contributed by atoms with van der Waals surface area (Å²) >= 11 is 1.22. The summed E-state index contributed by atoms with van der Waals surface area (Å²) in [6, 6.07) is 6.63. The molecule has 252 valence electrons. The van der Waals surface area contributed by atoms with Crippen molar-refractivity contribution in [3.05, 3.63) is 66.1 Å². The van der Waals surface area contributed by atoms with E-state index in [2.05, 4.69) is 29.7 Å². The Balaban J connectivity index is 1.38. The Morgan fingerprint density at radius 3 is 2.28 bits per heavy atom. The summed E-state index contributed by atoms with van der Waals surface area (Å²) in [6.07, 6.45) is -12.2. The largest absolute Gasteiger partial charge is 0.573 e. The summed E-state index contributed by atoms with van der Waals surface area (Å²) in [5.41, 5.74) is 0.789. The van der Waals surface area contributed by atoms with E-state index < -0.39 is 57.3 Å². The second-order valence-electron chi connectivity index (χ2n) is 10.0. The van der Waals surface area contributed by atoms with Crippen molar-refractivity contribution in [2.45, 2.75) is 43.3 Å². The molecule has 11 nitrogen and oxygen atoms in total. The number of amides is 1. The van der Waals surface area contributed by atoms with E-state index in [0.717, 1.165) is 40.7 Å². The minimum absolute atomic E-state index is 0.0811. The third-order valence-corrected chi connectivity index (χ3v) is 9.69. The molecule has 0 unspecified atom stereocenters. The fourth-order valence-electron chi connectivity index (χ4n) is 4.52. The molecule has 2 aromatic heterocycles. The van der Waals surface area contributed by atoms with Gasteiger partial charge in [-0.25, -0.2) is 18.4 Å². The Bertz CT molecular complexity index is 1840. The smallest absolute Gasteiger partial charge is 0.428 e. The minimum atomic E-state index is -4.89. The van der Waals surface area contributed by atoms with Crippen molar-refractivity contribution in [1.82, 2.24) is 24.6 Å². The molecule has 5 rings (SSSR count). The lowest BCUT2D eigenvalue weighted by Crippen LogP contribution is -2.60. The van der Waals surface area contributed by atoms with Crippen LogP contribution in [0.4, 0.5) is 35.9 Å². The van der Waals surface area contributed by atoms with Crippen molar-refractivity contribution in [2.24, 2.45) is 0 Å². The quantitative estimate of drug-likeness (QED) is 0.233. The van der Waals surface area contributed by atoms with Crippen LogP contribution in [0.25, 0.3) is 10.3 Å². The number of fused-ring (bicyclic) bond motifs is 1. The molecule has 1 aliphatic rings. The van der Waals surface area contributed by atoms with Gasteiger partial charge in [0.2, 0.25) is 15.9 Å². The monoisotopic (exact) mass is 708 g/mol. The van der Waals surface area contributed by atoms with Crippen LogP contribution >= 0.6 is 11.3 Å². The highest BCUT2D eigenvalue weighted by molar-refractivity contribution is 7.89.